The molecule has 0 radical (unpaired) electrons. The molecule has 0 fully saturated rings. The second-order valence-electron chi connectivity index (χ2n) is 5.37. The summed E-state index contributed by atoms with van der Waals surface area (Å²) in [7, 11) is 0. The van der Waals surface area contributed by atoms with Gasteiger partial charge in [0, 0.05) is 16.6 Å². The van der Waals surface area contributed by atoms with Crippen LogP contribution >= 0.6 is 15.9 Å². The summed E-state index contributed by atoms with van der Waals surface area (Å²) in [6, 6.07) is 5.73. The average molecular weight is 336 g/mol. The van der Waals surface area contributed by atoms with Gasteiger partial charge >= 0.3 is 0 Å². The molecule has 2 aromatic rings. The van der Waals surface area contributed by atoms with Gasteiger partial charge in [-0.25, -0.2) is 9.67 Å². The van der Waals surface area contributed by atoms with Gasteiger partial charge in [0.15, 0.2) is 5.78 Å². The summed E-state index contributed by atoms with van der Waals surface area (Å²) in [5, 5.41) is 4.18. The third-order valence-electron chi connectivity index (χ3n) is 2.92. The van der Waals surface area contributed by atoms with Gasteiger partial charge in [0.2, 0.25) is 0 Å². The third kappa shape index (κ3) is 3.76. The van der Waals surface area contributed by atoms with E-state index in [1.54, 1.807) is 0 Å². The van der Waals surface area contributed by atoms with Crippen molar-refractivity contribution in [3.8, 4) is 0 Å². The van der Waals surface area contributed by atoms with Crippen LogP contribution in [0.15, 0.2) is 29.0 Å². The molecule has 2 rings (SSSR count). The van der Waals surface area contributed by atoms with E-state index in [9.17, 15) is 4.79 Å². The number of hydrogen-bond donors (Lipinski definition) is 0. The number of aryl methyl sites for hydroxylation is 1. The van der Waals surface area contributed by atoms with Gasteiger partial charge in [0.1, 0.15) is 12.2 Å². The lowest BCUT2D eigenvalue weighted by atomic mass is 10.1. The number of nitrogens with zero attached hydrogens (tertiary/aromatic N) is 3. The van der Waals surface area contributed by atoms with Crippen LogP contribution in [0, 0.1) is 12.8 Å². The molecule has 106 valence electrons. The second-order valence-corrected chi connectivity index (χ2v) is 6.29. The Morgan fingerprint density at radius 1 is 1.35 bits per heavy atom. The quantitative estimate of drug-likeness (QED) is 0.786. The maximum Gasteiger partial charge on any atom is 0.170 e. The molecule has 4 nitrogen and oxygen atoms in total. The number of benzene rings is 1. The summed E-state index contributed by atoms with van der Waals surface area (Å²) >= 11 is 3.42. The first-order valence-corrected chi connectivity index (χ1v) is 7.42. The minimum absolute atomic E-state index is 0.0624. The number of ketones is 1. The van der Waals surface area contributed by atoms with Crippen molar-refractivity contribution in [2.75, 3.05) is 0 Å². The highest BCUT2D eigenvalue weighted by Gasteiger charge is 2.13. The van der Waals surface area contributed by atoms with E-state index in [0.29, 0.717) is 11.5 Å². The van der Waals surface area contributed by atoms with Crippen molar-refractivity contribution in [3.63, 3.8) is 0 Å². The molecular weight excluding hydrogens is 318 g/mol. The number of carbonyl (C=O) groups is 1. The van der Waals surface area contributed by atoms with Gasteiger partial charge in [0.25, 0.3) is 0 Å². The van der Waals surface area contributed by atoms with Gasteiger partial charge in [-0.1, -0.05) is 29.8 Å². The van der Waals surface area contributed by atoms with Crippen molar-refractivity contribution in [2.24, 2.45) is 5.92 Å². The summed E-state index contributed by atoms with van der Waals surface area (Å²) in [6.45, 7) is 6.98. The summed E-state index contributed by atoms with van der Waals surface area (Å²) in [5.41, 5.74) is 1.77. The Labute approximate surface area is 127 Å². The molecule has 0 atom stereocenters. The molecule has 0 N–H and O–H groups in total. The van der Waals surface area contributed by atoms with Gasteiger partial charge in [-0.2, -0.15) is 5.10 Å². The third-order valence-corrected chi connectivity index (χ3v) is 3.37. The molecule has 20 heavy (non-hydrogen) atoms. The van der Waals surface area contributed by atoms with Crippen LogP contribution in [0.1, 0.15) is 35.6 Å². The zero-order valence-corrected chi connectivity index (χ0v) is 13.5. The molecule has 0 aliphatic rings. The van der Waals surface area contributed by atoms with Crippen molar-refractivity contribution < 1.29 is 4.79 Å². The maximum absolute atomic E-state index is 12.4. The molecule has 0 bridgehead atoms. The molecular formula is C15H18BrN3O. The first-order chi connectivity index (χ1) is 9.45. The number of rotatable bonds is 5. The fraction of sp³-hybridized carbons (Fsp3) is 0.400. The largest absolute Gasteiger partial charge is 0.294 e. The monoisotopic (exact) mass is 335 g/mol. The van der Waals surface area contributed by atoms with Crippen LogP contribution in [0.5, 0.6) is 0 Å². The molecule has 1 heterocycles. The summed E-state index contributed by atoms with van der Waals surface area (Å²) < 4.78 is 2.73. The number of hydrogen-bond acceptors (Lipinski definition) is 3. The smallest absolute Gasteiger partial charge is 0.170 e. The van der Waals surface area contributed by atoms with E-state index in [2.05, 4.69) is 39.9 Å². The lowest BCUT2D eigenvalue weighted by Gasteiger charge is -2.08. The molecule has 0 saturated carbocycles. The van der Waals surface area contributed by atoms with E-state index < -0.39 is 0 Å². The number of carbonyl (C=O) groups excluding carboxylic acids is 1. The fourth-order valence-electron chi connectivity index (χ4n) is 2.07. The summed E-state index contributed by atoms with van der Waals surface area (Å²) in [4.78, 5) is 16.6. The Morgan fingerprint density at radius 2 is 2.10 bits per heavy atom. The van der Waals surface area contributed by atoms with Crippen molar-refractivity contribution in [2.45, 2.75) is 33.7 Å². The summed E-state index contributed by atoms with van der Waals surface area (Å²) in [5.74, 6) is 1.26. The Hall–Kier alpha value is -1.49. The van der Waals surface area contributed by atoms with E-state index in [1.165, 1.54) is 6.33 Å². The number of halogens is 1. The van der Waals surface area contributed by atoms with Crippen molar-refractivity contribution in [1.29, 1.82) is 0 Å². The highest BCUT2D eigenvalue weighted by atomic mass is 79.9. The van der Waals surface area contributed by atoms with Crippen LogP contribution < -0.4 is 0 Å². The van der Waals surface area contributed by atoms with E-state index in [-0.39, 0.29) is 12.2 Å². The molecule has 5 heteroatoms. The normalized spacial score (nSPS) is 11.1. The van der Waals surface area contributed by atoms with Crippen LogP contribution in [-0.4, -0.2) is 20.5 Å². The maximum atomic E-state index is 12.4. The van der Waals surface area contributed by atoms with E-state index in [0.717, 1.165) is 22.4 Å². The first kappa shape index (κ1) is 14.9. The standard InChI is InChI=1S/C15H18BrN3O/c1-10(2)8-19-15(17-9-18-19)7-14(20)12-4-11(3)5-13(16)6-12/h4-6,9-10H,7-8H2,1-3H3. The predicted octanol–water partition coefficient (Wildman–Crippen LogP) is 3.43. The van der Waals surface area contributed by atoms with E-state index >= 15 is 0 Å². The number of aromatic nitrogens is 3. The second kappa shape index (κ2) is 6.31. The van der Waals surface area contributed by atoms with Crippen molar-refractivity contribution >= 4 is 21.7 Å². The van der Waals surface area contributed by atoms with Gasteiger partial charge in [0.05, 0.1) is 6.42 Å². The van der Waals surface area contributed by atoms with Gasteiger partial charge in [-0.15, -0.1) is 0 Å². The van der Waals surface area contributed by atoms with E-state index in [4.69, 9.17) is 0 Å². The highest BCUT2D eigenvalue weighted by Crippen LogP contribution is 2.17. The zero-order valence-electron chi connectivity index (χ0n) is 11.9. The Bertz CT molecular complexity index is 599. The SMILES string of the molecule is Cc1cc(Br)cc(C(=O)Cc2ncnn2CC(C)C)c1. The van der Waals surface area contributed by atoms with Gasteiger partial charge < -0.3 is 0 Å². The molecule has 0 unspecified atom stereocenters. The van der Waals surface area contributed by atoms with Crippen LogP contribution in [0.25, 0.3) is 0 Å². The van der Waals surface area contributed by atoms with Crippen LogP contribution in [0.2, 0.25) is 0 Å². The molecule has 0 aliphatic carbocycles. The van der Waals surface area contributed by atoms with Crippen molar-refractivity contribution in [1.82, 2.24) is 14.8 Å². The first-order valence-electron chi connectivity index (χ1n) is 6.63. The minimum Gasteiger partial charge on any atom is -0.294 e. The van der Waals surface area contributed by atoms with Gasteiger partial charge in [-0.3, -0.25) is 4.79 Å². The zero-order chi connectivity index (χ0) is 14.7. The lowest BCUT2D eigenvalue weighted by Crippen LogP contribution is -2.14. The van der Waals surface area contributed by atoms with Crippen LogP contribution in [0.3, 0.4) is 0 Å². The molecule has 0 amide bonds. The number of Topliss-reactive ketones (excluding diaryl/α,β-unsaturated/α-hetero) is 1. The topological polar surface area (TPSA) is 47.8 Å². The Morgan fingerprint density at radius 3 is 2.75 bits per heavy atom. The molecule has 0 saturated heterocycles. The Kier molecular flexibility index (Phi) is 4.70. The van der Waals surface area contributed by atoms with Crippen molar-refractivity contribution in [3.05, 3.63) is 46.0 Å². The van der Waals surface area contributed by atoms with Gasteiger partial charge in [-0.05, 0) is 36.6 Å². The van der Waals surface area contributed by atoms with Crippen LogP contribution in [0.4, 0.5) is 0 Å². The molecule has 1 aromatic carbocycles. The Balaban J connectivity index is 2.17. The molecule has 0 aliphatic heterocycles. The lowest BCUT2D eigenvalue weighted by molar-refractivity contribution is 0.0989. The van der Waals surface area contributed by atoms with E-state index in [1.807, 2.05) is 29.8 Å². The fourth-order valence-corrected chi connectivity index (χ4v) is 2.67. The summed E-state index contributed by atoms with van der Waals surface area (Å²) in [6.07, 6.45) is 1.79. The van der Waals surface area contributed by atoms with Crippen LogP contribution in [-0.2, 0) is 13.0 Å². The molecule has 1 aromatic heterocycles. The highest BCUT2D eigenvalue weighted by molar-refractivity contribution is 9.10. The molecule has 0 spiro atoms. The minimum atomic E-state index is 0.0624. The predicted molar refractivity (Wildman–Crippen MR) is 81.8 cm³/mol. The average Bonchev–Trinajstić information content (AvgIpc) is 2.74.